The smallest absolute Gasteiger partial charge is 0.443 e. The number of carbonyl (C=O) groups is 3. The molecule has 242 valence electrons. The second kappa shape index (κ2) is 11.5. The van der Waals surface area contributed by atoms with Crippen LogP contribution in [0.4, 0.5) is 5.69 Å². The average molecular weight is 633 g/mol. The molecular formula is C33H38N5O8+. The fraction of sp³-hybridized carbons (Fsp3) is 0.364. The summed E-state index contributed by atoms with van der Waals surface area (Å²) in [5.74, 6) is -7.54. The highest BCUT2D eigenvalue weighted by atomic mass is 16.4. The molecule has 0 aliphatic heterocycles. The van der Waals surface area contributed by atoms with Crippen LogP contribution in [0.5, 0.6) is 5.75 Å². The quantitative estimate of drug-likeness (QED) is 0.0722. The number of hydrogen-bond donors (Lipinski definition) is 8. The van der Waals surface area contributed by atoms with Gasteiger partial charge in [-0.05, 0) is 49.2 Å². The van der Waals surface area contributed by atoms with Crippen LogP contribution in [-0.2, 0) is 27.3 Å². The molecule has 0 heterocycles. The largest absolute Gasteiger partial charge is 0.508 e. The molecule has 2 aromatic rings. The van der Waals surface area contributed by atoms with Gasteiger partial charge in [0.05, 0.1) is 23.7 Å². The maximum atomic E-state index is 14.2. The van der Waals surface area contributed by atoms with E-state index in [1.54, 1.807) is 6.07 Å². The number of carbonyl (C=O) groups excluding carboxylic acids is 3. The third kappa shape index (κ3) is 4.85. The number of ketones is 2. The summed E-state index contributed by atoms with van der Waals surface area (Å²) < 4.78 is 3.97. The molecule has 2 aromatic carbocycles. The van der Waals surface area contributed by atoms with E-state index >= 15 is 0 Å². The first-order valence-electron chi connectivity index (χ1n) is 14.7. The molecule has 1 saturated carbocycles. The number of phenolic OH excluding ortho intramolecular Hbond substituents is 1. The Morgan fingerprint density at radius 2 is 1.80 bits per heavy atom. The van der Waals surface area contributed by atoms with Crippen LogP contribution in [-0.4, -0.2) is 91.9 Å². The molecular weight excluding hydrogens is 594 g/mol. The number of likely N-dealkylation sites (N-methyl/N-ethyl adjacent to an activating group) is 1. The van der Waals surface area contributed by atoms with Gasteiger partial charge < -0.3 is 31.3 Å². The molecule has 1 fully saturated rings. The molecule has 1 unspecified atom stereocenters. The molecule has 0 saturated heterocycles. The normalized spacial score (nSPS) is 25.6. The Kier molecular flexibility index (Phi) is 8.08. The van der Waals surface area contributed by atoms with Gasteiger partial charge in [0.15, 0.2) is 17.1 Å². The SMILES string of the molecule is C=[N+]=C(NCc1ccccc1)Nc1cc(C(C)C)c2c(c1O)C(O)=C1C(=O)[C@]3(O)C(O)=C(C(N)=O)C(=O)C(N(C)C)[C@@H]3C[C@]1(O)C2. The summed E-state index contributed by atoms with van der Waals surface area (Å²) in [7, 11) is 2.97. The van der Waals surface area contributed by atoms with E-state index in [4.69, 9.17) is 5.73 Å². The highest BCUT2D eigenvalue weighted by Gasteiger charge is 2.67. The Morgan fingerprint density at radius 1 is 1.15 bits per heavy atom. The van der Waals surface area contributed by atoms with Crippen LogP contribution < -0.4 is 21.0 Å². The number of guanidine groups is 1. The van der Waals surface area contributed by atoms with Crippen molar-refractivity contribution in [2.24, 2.45) is 11.7 Å². The maximum absolute atomic E-state index is 14.2. The number of nitrogens with zero attached hydrogens (tertiary/aromatic N) is 2. The number of rotatable bonds is 6. The van der Waals surface area contributed by atoms with Gasteiger partial charge in [0.25, 0.3) is 5.91 Å². The predicted molar refractivity (Wildman–Crippen MR) is 171 cm³/mol. The molecule has 13 heteroatoms. The number of amides is 1. The summed E-state index contributed by atoms with van der Waals surface area (Å²) in [6, 6.07) is 9.80. The maximum Gasteiger partial charge on any atom is 0.443 e. The molecule has 3 aliphatic rings. The van der Waals surface area contributed by atoms with E-state index in [0.717, 1.165) is 5.56 Å². The summed E-state index contributed by atoms with van der Waals surface area (Å²) in [5.41, 5.74) is 0.645. The van der Waals surface area contributed by atoms with Crippen molar-refractivity contribution in [3.63, 3.8) is 0 Å². The highest BCUT2D eigenvalue weighted by Crippen LogP contribution is 2.55. The van der Waals surface area contributed by atoms with Crippen LogP contribution in [0.2, 0.25) is 0 Å². The van der Waals surface area contributed by atoms with Crippen molar-refractivity contribution >= 4 is 41.6 Å². The standard InChI is InChI=1S/C33H37N5O8/c1-15(2)17-11-20(37-31(35-3)36-14-16-9-7-6-8-10-16)25(39)21-18(17)12-32(45)13-19-24(38(4)5)27(41)22(30(34)44)28(42)33(19,46)29(43)23(32)26(21)40/h6-11,15,19,24,45-46H,3,12-14H2,1-2,4-5H3,(H6,34,36,37,39,40,41,42,43,44)/p+1/t19-,24?,32+,33+/m0/s1. The zero-order valence-electron chi connectivity index (χ0n) is 26.0. The van der Waals surface area contributed by atoms with Gasteiger partial charge >= 0.3 is 5.96 Å². The van der Waals surface area contributed by atoms with E-state index in [2.05, 4.69) is 22.0 Å². The van der Waals surface area contributed by atoms with Crippen LogP contribution in [0.25, 0.3) is 5.76 Å². The van der Waals surface area contributed by atoms with Crippen molar-refractivity contribution < 1.29 is 39.9 Å². The number of anilines is 1. The number of fused-ring (bicyclic) bond motifs is 3. The zero-order chi connectivity index (χ0) is 33.9. The number of aliphatic hydroxyl groups excluding tert-OH is 2. The third-order valence-corrected chi connectivity index (χ3v) is 9.15. The lowest BCUT2D eigenvalue weighted by Gasteiger charge is -2.53. The lowest BCUT2D eigenvalue weighted by atomic mass is 9.55. The highest BCUT2D eigenvalue weighted by molar-refractivity contribution is 6.24. The summed E-state index contributed by atoms with van der Waals surface area (Å²) >= 11 is 0. The van der Waals surface area contributed by atoms with E-state index in [-0.39, 0.29) is 29.5 Å². The molecule has 3 aliphatic carbocycles. The predicted octanol–water partition coefficient (Wildman–Crippen LogP) is 0.528. The second-order valence-electron chi connectivity index (χ2n) is 12.5. The number of aromatic hydroxyl groups is 1. The first-order valence-corrected chi connectivity index (χ1v) is 14.7. The summed E-state index contributed by atoms with van der Waals surface area (Å²) in [4.78, 5) is 41.1. The number of nitrogens with one attached hydrogen (secondary N) is 2. The molecule has 5 rings (SSSR count). The van der Waals surface area contributed by atoms with E-state index < -0.39 is 75.5 Å². The molecule has 0 bridgehead atoms. The van der Waals surface area contributed by atoms with Gasteiger partial charge in [-0.25, -0.2) is 5.32 Å². The number of hydrogen-bond acceptors (Lipinski definition) is 9. The minimum atomic E-state index is -2.89. The van der Waals surface area contributed by atoms with Crippen LogP contribution in [0.3, 0.4) is 0 Å². The number of benzene rings is 2. The monoisotopic (exact) mass is 632 g/mol. The fourth-order valence-corrected chi connectivity index (χ4v) is 7.02. The van der Waals surface area contributed by atoms with Crippen LogP contribution in [0, 0.1) is 5.92 Å². The lowest BCUT2D eigenvalue weighted by Crippen LogP contribution is -2.69. The van der Waals surface area contributed by atoms with Gasteiger partial charge in [0.1, 0.15) is 35.1 Å². The molecule has 0 spiro atoms. The van der Waals surface area contributed by atoms with Crippen LogP contribution in [0.15, 0.2) is 53.3 Å². The third-order valence-electron chi connectivity index (χ3n) is 9.15. The molecule has 0 aromatic heterocycles. The number of aliphatic hydroxyl groups is 4. The zero-order valence-corrected chi connectivity index (χ0v) is 26.0. The first-order chi connectivity index (χ1) is 21.6. The van der Waals surface area contributed by atoms with Crippen molar-refractivity contribution in [3.8, 4) is 5.75 Å². The van der Waals surface area contributed by atoms with Gasteiger partial charge in [-0.3, -0.25) is 29.3 Å². The topological polar surface area (TPSA) is 220 Å². The summed E-state index contributed by atoms with van der Waals surface area (Å²) in [6.07, 6.45) is -0.732. The van der Waals surface area contributed by atoms with Crippen LogP contribution >= 0.6 is 0 Å². The number of primary amides is 1. The van der Waals surface area contributed by atoms with E-state index in [0.29, 0.717) is 17.7 Å². The molecule has 0 radical (unpaired) electrons. The molecule has 1 amide bonds. The number of Topliss-reactive ketones (excluding diaryl/α,β-unsaturated/α-hetero) is 2. The Balaban J connectivity index is 1.66. The average Bonchev–Trinajstić information content (AvgIpc) is 2.98. The van der Waals surface area contributed by atoms with E-state index in [9.17, 15) is 39.9 Å². The van der Waals surface area contributed by atoms with E-state index in [1.807, 2.05) is 44.2 Å². The molecule has 9 N–H and O–H groups in total. The van der Waals surface area contributed by atoms with Crippen molar-refractivity contribution in [3.05, 3.63) is 75.6 Å². The van der Waals surface area contributed by atoms with Gasteiger partial charge in [0.2, 0.25) is 5.78 Å². The summed E-state index contributed by atoms with van der Waals surface area (Å²) in [6.45, 7) is 7.71. The van der Waals surface area contributed by atoms with E-state index in [1.165, 1.54) is 19.0 Å². The molecule has 13 nitrogen and oxygen atoms in total. The molecule has 4 atom stereocenters. The fourth-order valence-electron chi connectivity index (χ4n) is 7.02. The Bertz CT molecular complexity index is 1780. The molecule has 46 heavy (non-hydrogen) atoms. The Hall–Kier alpha value is -4.94. The van der Waals surface area contributed by atoms with Gasteiger partial charge in [-0.15, -0.1) is 0 Å². The summed E-state index contributed by atoms with van der Waals surface area (Å²) in [5, 5.41) is 64.4. The lowest BCUT2D eigenvalue weighted by molar-refractivity contribution is -0.161. The van der Waals surface area contributed by atoms with Crippen molar-refractivity contribution in [1.82, 2.24) is 14.9 Å². The number of nitrogens with two attached hydrogens (primary N) is 1. The van der Waals surface area contributed by atoms with Gasteiger partial charge in [-0.1, -0.05) is 44.2 Å². The van der Waals surface area contributed by atoms with Crippen molar-refractivity contribution in [1.29, 1.82) is 0 Å². The van der Waals surface area contributed by atoms with Gasteiger partial charge in [-0.2, -0.15) is 0 Å². The minimum absolute atomic E-state index is 0.109. The van der Waals surface area contributed by atoms with Crippen molar-refractivity contribution in [2.75, 3.05) is 19.4 Å². The Morgan fingerprint density at radius 3 is 2.37 bits per heavy atom. The second-order valence-corrected chi connectivity index (χ2v) is 12.5. The number of phenols is 1. The van der Waals surface area contributed by atoms with Crippen molar-refractivity contribution in [2.45, 2.75) is 56.4 Å². The Labute approximate surface area is 265 Å². The minimum Gasteiger partial charge on any atom is -0.508 e. The first kappa shape index (κ1) is 32.5. The van der Waals surface area contributed by atoms with Crippen LogP contribution in [0.1, 0.15) is 48.4 Å². The van der Waals surface area contributed by atoms with Gasteiger partial charge in [0, 0.05) is 12.3 Å².